The van der Waals surface area contributed by atoms with Crippen LogP contribution < -0.4 is 0 Å². The van der Waals surface area contributed by atoms with Crippen molar-refractivity contribution in [2.45, 2.75) is 32.6 Å². The van der Waals surface area contributed by atoms with Gasteiger partial charge in [0.2, 0.25) is 0 Å². The lowest BCUT2D eigenvalue weighted by Gasteiger charge is -1.92. The van der Waals surface area contributed by atoms with Gasteiger partial charge in [0, 0.05) is 12.8 Å². The summed E-state index contributed by atoms with van der Waals surface area (Å²) in [7, 11) is 0. The molecule has 3 heteroatoms. The molecular formula is C9H11NO2. The van der Waals surface area contributed by atoms with Gasteiger partial charge in [-0.1, -0.05) is 5.16 Å². The van der Waals surface area contributed by atoms with Crippen LogP contribution in [0.25, 0.3) is 0 Å². The molecule has 2 rings (SSSR count). The van der Waals surface area contributed by atoms with Crippen molar-refractivity contribution in [2.24, 2.45) is 0 Å². The first-order chi connectivity index (χ1) is 5.79. The SMILES string of the molecule is Cc1noc2c1C(=O)CCCC2. The molecule has 1 aromatic rings. The number of Topliss-reactive ketones (excluding diaryl/α,β-unsaturated/α-hetero) is 1. The van der Waals surface area contributed by atoms with E-state index < -0.39 is 0 Å². The van der Waals surface area contributed by atoms with Gasteiger partial charge in [0.25, 0.3) is 0 Å². The number of fused-ring (bicyclic) bond motifs is 1. The highest BCUT2D eigenvalue weighted by molar-refractivity contribution is 5.98. The number of aromatic nitrogens is 1. The highest BCUT2D eigenvalue weighted by Crippen LogP contribution is 2.22. The van der Waals surface area contributed by atoms with Crippen LogP contribution in [0.2, 0.25) is 0 Å². The molecule has 0 amide bonds. The van der Waals surface area contributed by atoms with Crippen molar-refractivity contribution in [3.8, 4) is 0 Å². The second-order valence-corrected chi connectivity index (χ2v) is 3.20. The standard InChI is InChI=1S/C9H11NO2/c1-6-9-7(11)4-2-3-5-8(9)12-10-6/h2-5H2,1H3. The molecule has 1 aliphatic rings. The molecule has 0 aromatic carbocycles. The lowest BCUT2D eigenvalue weighted by atomic mass is 10.1. The summed E-state index contributed by atoms with van der Waals surface area (Å²) in [5.41, 5.74) is 1.49. The fourth-order valence-electron chi connectivity index (χ4n) is 1.64. The van der Waals surface area contributed by atoms with Gasteiger partial charge in [0.05, 0.1) is 11.3 Å². The number of nitrogens with zero attached hydrogens (tertiary/aromatic N) is 1. The van der Waals surface area contributed by atoms with E-state index >= 15 is 0 Å². The third kappa shape index (κ3) is 1.05. The van der Waals surface area contributed by atoms with E-state index in [0.717, 1.165) is 36.3 Å². The minimum absolute atomic E-state index is 0.196. The van der Waals surface area contributed by atoms with E-state index in [2.05, 4.69) is 5.16 Å². The Morgan fingerprint density at radius 2 is 2.08 bits per heavy atom. The fourth-order valence-corrected chi connectivity index (χ4v) is 1.64. The van der Waals surface area contributed by atoms with Crippen molar-refractivity contribution in [2.75, 3.05) is 0 Å². The molecule has 0 saturated carbocycles. The number of hydrogen-bond acceptors (Lipinski definition) is 3. The van der Waals surface area contributed by atoms with Crippen LogP contribution in [-0.4, -0.2) is 10.9 Å². The Morgan fingerprint density at radius 1 is 1.33 bits per heavy atom. The molecule has 64 valence electrons. The van der Waals surface area contributed by atoms with Crippen LogP contribution in [0, 0.1) is 6.92 Å². The Morgan fingerprint density at radius 3 is 2.92 bits per heavy atom. The van der Waals surface area contributed by atoms with Crippen LogP contribution in [0.1, 0.15) is 41.1 Å². The average molecular weight is 165 g/mol. The number of carbonyl (C=O) groups is 1. The monoisotopic (exact) mass is 165 g/mol. The van der Waals surface area contributed by atoms with Crippen LogP contribution in [0.5, 0.6) is 0 Å². The first-order valence-electron chi connectivity index (χ1n) is 4.27. The second-order valence-electron chi connectivity index (χ2n) is 3.20. The van der Waals surface area contributed by atoms with Gasteiger partial charge in [-0.05, 0) is 19.8 Å². The molecule has 0 atom stereocenters. The molecule has 12 heavy (non-hydrogen) atoms. The number of carbonyl (C=O) groups excluding carboxylic acids is 1. The molecule has 0 N–H and O–H groups in total. The molecule has 0 spiro atoms. The lowest BCUT2D eigenvalue weighted by molar-refractivity contribution is 0.0981. The van der Waals surface area contributed by atoms with Gasteiger partial charge in [0.1, 0.15) is 5.76 Å². The quantitative estimate of drug-likeness (QED) is 0.551. The largest absolute Gasteiger partial charge is 0.360 e. The van der Waals surface area contributed by atoms with E-state index in [9.17, 15) is 4.79 Å². The van der Waals surface area contributed by atoms with E-state index in [1.165, 1.54) is 0 Å². The van der Waals surface area contributed by atoms with Crippen molar-refractivity contribution in [3.05, 3.63) is 17.0 Å². The van der Waals surface area contributed by atoms with Gasteiger partial charge in [-0.3, -0.25) is 4.79 Å². The molecular weight excluding hydrogens is 154 g/mol. The van der Waals surface area contributed by atoms with Crippen molar-refractivity contribution in [1.82, 2.24) is 5.16 Å². The van der Waals surface area contributed by atoms with E-state index in [1.54, 1.807) is 0 Å². The molecule has 0 saturated heterocycles. The van der Waals surface area contributed by atoms with Crippen LogP contribution >= 0.6 is 0 Å². The minimum Gasteiger partial charge on any atom is -0.360 e. The summed E-state index contributed by atoms with van der Waals surface area (Å²) in [4.78, 5) is 11.5. The maximum absolute atomic E-state index is 11.5. The van der Waals surface area contributed by atoms with Gasteiger partial charge in [-0.15, -0.1) is 0 Å². The molecule has 0 aliphatic heterocycles. The molecule has 0 unspecified atom stereocenters. The Balaban J connectivity index is 2.49. The number of ketones is 1. The van der Waals surface area contributed by atoms with Gasteiger partial charge in [-0.25, -0.2) is 0 Å². The molecule has 0 bridgehead atoms. The Kier molecular flexibility index (Phi) is 1.71. The van der Waals surface area contributed by atoms with Crippen LogP contribution in [0.3, 0.4) is 0 Å². The average Bonchev–Trinajstić information content (AvgIpc) is 2.29. The van der Waals surface area contributed by atoms with Crippen LogP contribution in [0.4, 0.5) is 0 Å². The Labute approximate surface area is 70.7 Å². The zero-order valence-electron chi connectivity index (χ0n) is 7.09. The normalized spacial score (nSPS) is 17.2. The van der Waals surface area contributed by atoms with Gasteiger partial charge < -0.3 is 4.52 Å². The summed E-state index contributed by atoms with van der Waals surface area (Å²) in [5.74, 6) is 0.983. The van der Waals surface area contributed by atoms with Crippen LogP contribution in [0.15, 0.2) is 4.52 Å². The summed E-state index contributed by atoms with van der Waals surface area (Å²) in [6, 6.07) is 0. The summed E-state index contributed by atoms with van der Waals surface area (Å²) in [6.45, 7) is 1.82. The van der Waals surface area contributed by atoms with Crippen molar-refractivity contribution in [1.29, 1.82) is 0 Å². The lowest BCUT2D eigenvalue weighted by Crippen LogP contribution is -1.99. The van der Waals surface area contributed by atoms with Gasteiger partial charge >= 0.3 is 0 Å². The molecule has 0 fully saturated rings. The topological polar surface area (TPSA) is 43.1 Å². The van der Waals surface area contributed by atoms with E-state index in [1.807, 2.05) is 6.92 Å². The predicted octanol–water partition coefficient (Wildman–Crippen LogP) is 1.89. The third-order valence-corrected chi connectivity index (χ3v) is 2.27. The number of hydrogen-bond donors (Lipinski definition) is 0. The van der Waals surface area contributed by atoms with Gasteiger partial charge in [0.15, 0.2) is 5.78 Å². The maximum atomic E-state index is 11.5. The zero-order chi connectivity index (χ0) is 8.55. The smallest absolute Gasteiger partial charge is 0.168 e. The predicted molar refractivity (Wildman–Crippen MR) is 43.1 cm³/mol. The van der Waals surface area contributed by atoms with E-state index in [-0.39, 0.29) is 5.78 Å². The maximum Gasteiger partial charge on any atom is 0.168 e. The highest BCUT2D eigenvalue weighted by Gasteiger charge is 2.22. The molecule has 1 aromatic heterocycles. The minimum atomic E-state index is 0.196. The summed E-state index contributed by atoms with van der Waals surface area (Å²) >= 11 is 0. The number of rotatable bonds is 0. The Hall–Kier alpha value is -1.12. The van der Waals surface area contributed by atoms with Crippen LogP contribution in [-0.2, 0) is 6.42 Å². The van der Waals surface area contributed by atoms with E-state index in [0.29, 0.717) is 6.42 Å². The molecule has 1 aliphatic carbocycles. The van der Waals surface area contributed by atoms with Crippen molar-refractivity contribution < 1.29 is 9.32 Å². The third-order valence-electron chi connectivity index (χ3n) is 2.27. The second kappa shape index (κ2) is 2.73. The van der Waals surface area contributed by atoms with E-state index in [4.69, 9.17) is 4.52 Å². The summed E-state index contributed by atoms with van der Waals surface area (Å²) < 4.78 is 5.07. The fraction of sp³-hybridized carbons (Fsp3) is 0.556. The first kappa shape index (κ1) is 7.53. The highest BCUT2D eigenvalue weighted by atomic mass is 16.5. The molecule has 1 heterocycles. The Bertz CT molecular complexity index is 314. The number of aryl methyl sites for hydroxylation is 2. The summed E-state index contributed by atoms with van der Waals surface area (Å²) in [5, 5.41) is 3.79. The summed E-state index contributed by atoms with van der Waals surface area (Å²) in [6.07, 6.45) is 3.52. The molecule has 0 radical (unpaired) electrons. The van der Waals surface area contributed by atoms with Crippen molar-refractivity contribution >= 4 is 5.78 Å². The first-order valence-corrected chi connectivity index (χ1v) is 4.27. The van der Waals surface area contributed by atoms with Crippen molar-refractivity contribution in [3.63, 3.8) is 0 Å². The van der Waals surface area contributed by atoms with Gasteiger partial charge in [-0.2, -0.15) is 0 Å². The zero-order valence-corrected chi connectivity index (χ0v) is 7.09. The molecule has 3 nitrogen and oxygen atoms in total.